The second-order valence-electron chi connectivity index (χ2n) is 22.0. The molecule has 2 fully saturated rings. The van der Waals surface area contributed by atoms with Gasteiger partial charge in [0.1, 0.15) is 40.9 Å². The maximum atomic E-state index is 15.5. The summed E-state index contributed by atoms with van der Waals surface area (Å²) in [6, 6.07) is 19.3. The van der Waals surface area contributed by atoms with Crippen molar-refractivity contribution in [3.63, 3.8) is 0 Å². The highest BCUT2D eigenvalue weighted by atomic mass is 16.8. The Morgan fingerprint density at radius 2 is 1.27 bits per heavy atom. The quantitative estimate of drug-likeness (QED) is 0.0327. The third-order valence-corrected chi connectivity index (χ3v) is 11.9. The minimum atomic E-state index is -2.92. The number of ether oxygens (including phenoxy) is 10. The van der Waals surface area contributed by atoms with Gasteiger partial charge in [-0.25, -0.2) is 14.4 Å². The van der Waals surface area contributed by atoms with Crippen molar-refractivity contribution in [2.24, 2.45) is 5.92 Å². The van der Waals surface area contributed by atoms with Gasteiger partial charge in [0.25, 0.3) is 0 Å². The molecule has 2 aliphatic heterocycles. The molecule has 392 valence electrons. The lowest BCUT2D eigenvalue weighted by Gasteiger charge is -2.53. The molecule has 8 atom stereocenters. The van der Waals surface area contributed by atoms with Crippen LogP contribution in [0.25, 0.3) is 0 Å². The zero-order valence-electron chi connectivity index (χ0n) is 44.3. The fourth-order valence-electron chi connectivity index (χ4n) is 8.76. The van der Waals surface area contributed by atoms with E-state index in [9.17, 15) is 9.90 Å². The molecular weight excluding hydrogens is 901 g/mol. The van der Waals surface area contributed by atoms with Crippen LogP contribution in [0.3, 0.4) is 0 Å². The first-order chi connectivity index (χ1) is 32.5. The third kappa shape index (κ3) is 15.1. The standard InChI is InChI=1S/C55H82O15/c1-37(42(64-39(3)56)38(2)36-40-28-22-20-23-29-40)32-33-53-44(65-52(13,14)61-15)43(57)54(70-53,47(59)68-50(7,8)9)55(48(60)69-51(10,11)12,45(66-53)46(58)67-49(4,5)6)63-35-27-19-17-16-18-26-34-62-41-30-24-21-25-31-41/h20-25,28-31,38,42-45,57H,1,16-19,26-27,32-36H2,2-15H3/t38?,42?,43-,44-,45-,53-,54-,55-/m1/s1. The molecule has 2 aliphatic rings. The highest BCUT2D eigenvalue weighted by molar-refractivity contribution is 6.00. The first-order valence-electron chi connectivity index (χ1n) is 24.7. The predicted molar refractivity (Wildman–Crippen MR) is 262 cm³/mol. The van der Waals surface area contributed by atoms with Crippen LogP contribution >= 0.6 is 0 Å². The lowest BCUT2D eigenvalue weighted by Crippen LogP contribution is -2.80. The molecule has 0 spiro atoms. The van der Waals surface area contributed by atoms with Crippen LogP contribution in [0, 0.1) is 5.92 Å². The molecular formula is C55H82O15. The molecule has 2 saturated heterocycles. The average molecular weight is 983 g/mol. The van der Waals surface area contributed by atoms with Crippen LogP contribution in [0.4, 0.5) is 0 Å². The number of aliphatic hydroxyl groups excluding tert-OH is 1. The molecule has 0 aliphatic carbocycles. The van der Waals surface area contributed by atoms with E-state index in [-0.39, 0.29) is 25.4 Å². The Labute approximate surface area is 416 Å². The Kier molecular flexibility index (Phi) is 19.9. The van der Waals surface area contributed by atoms with Crippen LogP contribution in [0.1, 0.15) is 147 Å². The van der Waals surface area contributed by atoms with Gasteiger partial charge in [0.05, 0.1) is 6.61 Å². The number of methoxy groups -OCH3 is 1. The lowest BCUT2D eigenvalue weighted by molar-refractivity contribution is -0.392. The number of rotatable bonds is 25. The van der Waals surface area contributed by atoms with E-state index >= 15 is 14.4 Å². The molecule has 0 aromatic heterocycles. The van der Waals surface area contributed by atoms with Gasteiger partial charge < -0.3 is 52.5 Å². The van der Waals surface area contributed by atoms with Crippen molar-refractivity contribution >= 4 is 23.9 Å². The van der Waals surface area contributed by atoms with E-state index in [0.29, 0.717) is 31.4 Å². The number of esters is 4. The number of aliphatic hydroxyl groups is 1. The Morgan fingerprint density at radius 3 is 1.81 bits per heavy atom. The number of carbonyl (C=O) groups excluding carboxylic acids is 4. The number of para-hydroxylation sites is 1. The molecule has 2 heterocycles. The van der Waals surface area contributed by atoms with Gasteiger partial charge >= 0.3 is 23.9 Å². The van der Waals surface area contributed by atoms with Crippen molar-refractivity contribution in [2.45, 2.75) is 212 Å². The summed E-state index contributed by atoms with van der Waals surface area (Å²) in [7, 11) is 1.39. The highest BCUT2D eigenvalue weighted by Crippen LogP contribution is 2.59. The van der Waals surface area contributed by atoms with Crippen molar-refractivity contribution in [1.29, 1.82) is 0 Å². The Balaban J connectivity index is 1.85. The predicted octanol–water partition coefficient (Wildman–Crippen LogP) is 9.33. The number of fused-ring (bicyclic) bond motifs is 2. The number of benzene rings is 2. The highest BCUT2D eigenvalue weighted by Gasteiger charge is 2.87. The van der Waals surface area contributed by atoms with Crippen LogP contribution in [-0.4, -0.2) is 113 Å². The van der Waals surface area contributed by atoms with E-state index in [1.54, 1.807) is 76.2 Å². The van der Waals surface area contributed by atoms with E-state index in [1.165, 1.54) is 14.0 Å². The van der Waals surface area contributed by atoms with E-state index in [2.05, 4.69) is 6.58 Å². The molecule has 15 nitrogen and oxygen atoms in total. The minimum Gasteiger partial charge on any atom is -0.494 e. The van der Waals surface area contributed by atoms with E-state index in [1.807, 2.05) is 67.6 Å². The summed E-state index contributed by atoms with van der Waals surface area (Å²) in [4.78, 5) is 58.6. The van der Waals surface area contributed by atoms with Crippen LogP contribution in [0.5, 0.6) is 5.75 Å². The zero-order chi connectivity index (χ0) is 52.3. The average Bonchev–Trinajstić information content (AvgIpc) is 3.45. The maximum Gasteiger partial charge on any atom is 0.346 e. The summed E-state index contributed by atoms with van der Waals surface area (Å²) in [6.45, 7) is 25.7. The molecule has 0 amide bonds. The van der Waals surface area contributed by atoms with Gasteiger partial charge in [-0.3, -0.25) is 4.79 Å². The molecule has 2 unspecified atom stereocenters. The topological polar surface area (TPSA) is 181 Å². The molecule has 0 radical (unpaired) electrons. The van der Waals surface area contributed by atoms with Crippen molar-refractivity contribution in [3.05, 3.63) is 78.4 Å². The van der Waals surface area contributed by atoms with Crippen molar-refractivity contribution < 1.29 is 71.7 Å². The Morgan fingerprint density at radius 1 is 0.743 bits per heavy atom. The first kappa shape index (κ1) is 58.2. The summed E-state index contributed by atoms with van der Waals surface area (Å²) < 4.78 is 62.9. The van der Waals surface area contributed by atoms with Crippen LogP contribution in [-0.2, 0) is 68.2 Å². The molecule has 0 saturated carbocycles. The smallest absolute Gasteiger partial charge is 0.346 e. The fraction of sp³-hybridized carbons (Fsp3) is 0.673. The van der Waals surface area contributed by atoms with Crippen molar-refractivity contribution in [2.75, 3.05) is 20.3 Å². The third-order valence-electron chi connectivity index (χ3n) is 11.9. The second-order valence-corrected chi connectivity index (χ2v) is 22.0. The van der Waals surface area contributed by atoms with E-state index < -0.39 is 87.9 Å². The normalized spacial score (nSPS) is 24.5. The summed E-state index contributed by atoms with van der Waals surface area (Å²) in [5.74, 6) is -7.34. The molecule has 2 aromatic carbocycles. The molecule has 2 bridgehead atoms. The SMILES string of the molecule is C=C(CC[C@@]12O[C@H](C(=O)OC(C)(C)C)[C@@](OCCCCCCCCOc3ccccc3)(C(=O)OC(C)(C)C)[C@@](C(=O)OC(C)(C)C)(O1)[C@H](O)[C@H]2OC(C)(C)OC)C(OC(C)=O)C(C)Cc1ccccc1. The molecule has 70 heavy (non-hydrogen) atoms. The minimum absolute atomic E-state index is 0.0266. The summed E-state index contributed by atoms with van der Waals surface area (Å²) in [5.41, 5.74) is -8.04. The molecule has 4 rings (SSSR count). The molecule has 15 heteroatoms. The van der Waals surface area contributed by atoms with Gasteiger partial charge in [-0.1, -0.05) is 87.7 Å². The zero-order valence-corrected chi connectivity index (χ0v) is 44.3. The number of carbonyl (C=O) groups is 4. The Hall–Kier alpha value is -4.38. The Bertz CT molecular complexity index is 2030. The largest absolute Gasteiger partial charge is 0.494 e. The van der Waals surface area contributed by atoms with Crippen molar-refractivity contribution in [1.82, 2.24) is 0 Å². The van der Waals surface area contributed by atoms with Gasteiger partial charge in [-0.05, 0) is 125 Å². The number of hydrogen-bond donors (Lipinski definition) is 1. The van der Waals surface area contributed by atoms with E-state index in [0.717, 1.165) is 37.0 Å². The summed E-state index contributed by atoms with van der Waals surface area (Å²) >= 11 is 0. The van der Waals surface area contributed by atoms with Crippen LogP contribution in [0.15, 0.2) is 72.8 Å². The van der Waals surface area contributed by atoms with Gasteiger partial charge in [0, 0.05) is 33.0 Å². The van der Waals surface area contributed by atoms with E-state index in [4.69, 9.17) is 47.4 Å². The van der Waals surface area contributed by atoms with Crippen LogP contribution < -0.4 is 4.74 Å². The first-order valence-corrected chi connectivity index (χ1v) is 24.7. The van der Waals surface area contributed by atoms with Crippen LogP contribution in [0.2, 0.25) is 0 Å². The number of unbranched alkanes of at least 4 members (excludes halogenated alkanes) is 5. The lowest BCUT2D eigenvalue weighted by atomic mass is 9.73. The second kappa shape index (κ2) is 23.9. The van der Waals surface area contributed by atoms with Gasteiger partial charge in [-0.15, -0.1) is 0 Å². The summed E-state index contributed by atoms with van der Waals surface area (Å²) in [5, 5.41) is 13.1. The fourth-order valence-corrected chi connectivity index (χ4v) is 8.76. The maximum absolute atomic E-state index is 15.5. The van der Waals surface area contributed by atoms with Gasteiger partial charge in [-0.2, -0.15) is 0 Å². The summed E-state index contributed by atoms with van der Waals surface area (Å²) in [6.07, 6.45) is -2.15. The monoisotopic (exact) mass is 983 g/mol. The molecule has 2 aromatic rings. The molecule has 1 N–H and O–H groups in total. The number of hydrogen-bond acceptors (Lipinski definition) is 15. The van der Waals surface area contributed by atoms with Crippen molar-refractivity contribution in [3.8, 4) is 5.75 Å². The van der Waals surface area contributed by atoms with Gasteiger partial charge in [0.2, 0.25) is 23.1 Å². The van der Waals surface area contributed by atoms with Gasteiger partial charge in [0.15, 0.2) is 5.79 Å².